The van der Waals surface area contributed by atoms with E-state index in [0.717, 1.165) is 44.7 Å². The zero-order valence-electron chi connectivity index (χ0n) is 14.9. The molecule has 0 radical (unpaired) electrons. The Labute approximate surface area is 149 Å². The summed E-state index contributed by atoms with van der Waals surface area (Å²) in [6.07, 6.45) is 1.95. The summed E-state index contributed by atoms with van der Waals surface area (Å²) >= 11 is 0. The van der Waals surface area contributed by atoms with Gasteiger partial charge in [0.1, 0.15) is 0 Å². The minimum atomic E-state index is -0.0735. The van der Waals surface area contributed by atoms with E-state index >= 15 is 0 Å². The summed E-state index contributed by atoms with van der Waals surface area (Å²) in [5, 5.41) is 0. The summed E-state index contributed by atoms with van der Waals surface area (Å²) in [7, 11) is 0. The first-order chi connectivity index (χ1) is 12.3. The molecule has 0 N–H and O–H groups in total. The predicted molar refractivity (Wildman–Crippen MR) is 95.6 cm³/mol. The summed E-state index contributed by atoms with van der Waals surface area (Å²) in [6.45, 7) is 7.71. The van der Waals surface area contributed by atoms with Gasteiger partial charge in [0.05, 0.1) is 18.9 Å². The number of benzene rings is 1. The summed E-state index contributed by atoms with van der Waals surface area (Å²) < 4.78 is 11.1. The Kier molecular flexibility index (Phi) is 4.92. The molecule has 1 aromatic rings. The molecular weight excluding hydrogens is 318 g/mol. The van der Waals surface area contributed by atoms with Gasteiger partial charge in [-0.3, -0.25) is 9.80 Å². The highest BCUT2D eigenvalue weighted by atomic mass is 16.7. The zero-order chi connectivity index (χ0) is 17.2. The Morgan fingerprint density at radius 1 is 1.12 bits per heavy atom. The standard InChI is InChI=1S/C19H27N3O3/c1-2-21-17-6-4-3-5-15(17)13-22(19(21)23)16-7-9-20(10-8-16)14-18-24-11-12-25-18/h3-6,16,18H,2,7-14H2,1H3. The van der Waals surface area contributed by atoms with Crippen LogP contribution in [0.4, 0.5) is 10.5 Å². The van der Waals surface area contributed by atoms with Crippen molar-refractivity contribution in [3.63, 3.8) is 0 Å². The van der Waals surface area contributed by atoms with Crippen LogP contribution < -0.4 is 4.90 Å². The minimum Gasteiger partial charge on any atom is -0.349 e. The van der Waals surface area contributed by atoms with Gasteiger partial charge in [0.25, 0.3) is 0 Å². The number of urea groups is 1. The van der Waals surface area contributed by atoms with Crippen molar-refractivity contribution in [2.45, 2.75) is 38.6 Å². The number of rotatable bonds is 4. The van der Waals surface area contributed by atoms with Crippen LogP contribution in [0.1, 0.15) is 25.3 Å². The molecule has 0 saturated carbocycles. The molecule has 3 heterocycles. The monoisotopic (exact) mass is 345 g/mol. The van der Waals surface area contributed by atoms with Crippen LogP contribution in [0.3, 0.4) is 0 Å². The number of amides is 2. The van der Waals surface area contributed by atoms with Crippen molar-refractivity contribution >= 4 is 11.7 Å². The number of hydrogen-bond donors (Lipinski definition) is 0. The molecule has 0 aliphatic carbocycles. The average Bonchev–Trinajstić information content (AvgIpc) is 3.15. The molecule has 2 amide bonds. The fourth-order valence-electron chi connectivity index (χ4n) is 4.15. The maximum absolute atomic E-state index is 13.0. The Hall–Kier alpha value is -1.63. The van der Waals surface area contributed by atoms with Crippen molar-refractivity contribution < 1.29 is 14.3 Å². The smallest absolute Gasteiger partial charge is 0.325 e. The first kappa shape index (κ1) is 16.8. The Balaban J connectivity index is 1.40. The third kappa shape index (κ3) is 3.38. The second-order valence-electron chi connectivity index (χ2n) is 6.99. The van der Waals surface area contributed by atoms with E-state index in [1.807, 2.05) is 17.9 Å². The van der Waals surface area contributed by atoms with Crippen LogP contribution in [0.2, 0.25) is 0 Å². The molecule has 2 saturated heterocycles. The largest absolute Gasteiger partial charge is 0.349 e. The molecule has 6 nitrogen and oxygen atoms in total. The number of hydrogen-bond acceptors (Lipinski definition) is 4. The third-order valence-corrected chi connectivity index (χ3v) is 5.51. The van der Waals surface area contributed by atoms with Gasteiger partial charge in [-0.1, -0.05) is 18.2 Å². The van der Waals surface area contributed by atoms with Gasteiger partial charge in [0, 0.05) is 38.8 Å². The summed E-state index contributed by atoms with van der Waals surface area (Å²) in [5.74, 6) is 0. The van der Waals surface area contributed by atoms with Gasteiger partial charge < -0.3 is 14.4 Å². The molecule has 0 atom stereocenters. The second-order valence-corrected chi connectivity index (χ2v) is 6.99. The Morgan fingerprint density at radius 3 is 2.56 bits per heavy atom. The number of likely N-dealkylation sites (tertiary alicyclic amines) is 1. The van der Waals surface area contributed by atoms with Gasteiger partial charge >= 0.3 is 6.03 Å². The number of ether oxygens (including phenoxy) is 2. The molecular formula is C19H27N3O3. The van der Waals surface area contributed by atoms with Gasteiger partial charge in [-0.15, -0.1) is 0 Å². The van der Waals surface area contributed by atoms with E-state index in [9.17, 15) is 4.79 Å². The Morgan fingerprint density at radius 2 is 1.84 bits per heavy atom. The van der Waals surface area contributed by atoms with Crippen LogP contribution in [0.5, 0.6) is 0 Å². The summed E-state index contributed by atoms with van der Waals surface area (Å²) in [5.41, 5.74) is 2.32. The van der Waals surface area contributed by atoms with Gasteiger partial charge in [-0.25, -0.2) is 4.79 Å². The molecule has 4 rings (SSSR count). The first-order valence-corrected chi connectivity index (χ1v) is 9.38. The van der Waals surface area contributed by atoms with Crippen LogP contribution in [-0.4, -0.2) is 67.6 Å². The molecule has 3 aliphatic rings. The molecule has 136 valence electrons. The van der Waals surface area contributed by atoms with E-state index in [0.29, 0.717) is 25.8 Å². The van der Waals surface area contributed by atoms with E-state index in [-0.39, 0.29) is 12.3 Å². The lowest BCUT2D eigenvalue weighted by molar-refractivity contribution is -0.0666. The maximum atomic E-state index is 13.0. The third-order valence-electron chi connectivity index (χ3n) is 5.51. The van der Waals surface area contributed by atoms with Gasteiger partial charge in [0.2, 0.25) is 0 Å². The van der Waals surface area contributed by atoms with Crippen molar-refractivity contribution in [1.82, 2.24) is 9.80 Å². The van der Waals surface area contributed by atoms with Gasteiger partial charge in [-0.2, -0.15) is 0 Å². The van der Waals surface area contributed by atoms with E-state index < -0.39 is 0 Å². The van der Waals surface area contributed by atoms with E-state index in [1.54, 1.807) is 0 Å². The van der Waals surface area contributed by atoms with Crippen LogP contribution >= 0.6 is 0 Å². The number of nitrogens with zero attached hydrogens (tertiary/aromatic N) is 3. The van der Waals surface area contributed by atoms with E-state index in [4.69, 9.17) is 9.47 Å². The highest BCUT2D eigenvalue weighted by Crippen LogP contribution is 2.31. The quantitative estimate of drug-likeness (QED) is 0.840. The van der Waals surface area contributed by atoms with Gasteiger partial charge in [0.15, 0.2) is 6.29 Å². The lowest BCUT2D eigenvalue weighted by Crippen LogP contribution is -2.54. The molecule has 6 heteroatoms. The highest BCUT2D eigenvalue weighted by molar-refractivity contribution is 5.95. The molecule has 0 bridgehead atoms. The predicted octanol–water partition coefficient (Wildman–Crippen LogP) is 2.29. The van der Waals surface area contributed by atoms with E-state index in [2.05, 4.69) is 28.0 Å². The average molecular weight is 345 g/mol. The SMILES string of the molecule is CCN1C(=O)N(C2CCN(CC3OCCO3)CC2)Cc2ccccc21. The number of piperidine rings is 1. The fourth-order valence-corrected chi connectivity index (χ4v) is 4.15. The lowest BCUT2D eigenvalue weighted by atomic mass is 10.00. The van der Waals surface area contributed by atoms with Crippen molar-refractivity contribution in [3.05, 3.63) is 29.8 Å². The van der Waals surface area contributed by atoms with E-state index in [1.165, 1.54) is 5.56 Å². The Bertz CT molecular complexity index is 610. The summed E-state index contributed by atoms with van der Waals surface area (Å²) in [6, 6.07) is 8.74. The minimum absolute atomic E-state index is 0.0735. The topological polar surface area (TPSA) is 45.3 Å². The molecule has 2 fully saturated rings. The van der Waals surface area contributed by atoms with Crippen LogP contribution in [-0.2, 0) is 16.0 Å². The van der Waals surface area contributed by atoms with Crippen molar-refractivity contribution in [2.75, 3.05) is 44.3 Å². The number of anilines is 1. The normalized spacial score (nSPS) is 23.3. The molecule has 1 aromatic carbocycles. The van der Waals surface area contributed by atoms with Crippen molar-refractivity contribution in [3.8, 4) is 0 Å². The lowest BCUT2D eigenvalue weighted by Gasteiger charge is -2.44. The highest BCUT2D eigenvalue weighted by Gasteiger charge is 2.35. The molecule has 0 spiro atoms. The number of carbonyl (C=O) groups is 1. The summed E-state index contributed by atoms with van der Waals surface area (Å²) in [4.78, 5) is 19.4. The van der Waals surface area contributed by atoms with Crippen LogP contribution in [0.15, 0.2) is 24.3 Å². The second kappa shape index (κ2) is 7.32. The number of fused-ring (bicyclic) bond motifs is 1. The molecule has 0 aromatic heterocycles. The maximum Gasteiger partial charge on any atom is 0.325 e. The van der Waals surface area contributed by atoms with Crippen LogP contribution in [0, 0.1) is 0 Å². The van der Waals surface area contributed by atoms with Crippen molar-refractivity contribution in [1.29, 1.82) is 0 Å². The first-order valence-electron chi connectivity index (χ1n) is 9.38. The fraction of sp³-hybridized carbons (Fsp3) is 0.632. The van der Waals surface area contributed by atoms with Gasteiger partial charge in [-0.05, 0) is 31.4 Å². The van der Waals surface area contributed by atoms with Crippen molar-refractivity contribution in [2.24, 2.45) is 0 Å². The number of carbonyl (C=O) groups excluding carboxylic acids is 1. The number of para-hydroxylation sites is 1. The van der Waals surface area contributed by atoms with Crippen LogP contribution in [0.25, 0.3) is 0 Å². The zero-order valence-corrected chi connectivity index (χ0v) is 14.9. The molecule has 25 heavy (non-hydrogen) atoms. The molecule has 0 unspecified atom stereocenters. The molecule has 3 aliphatic heterocycles.